The Bertz CT molecular complexity index is 88.4. The average molecular weight is 172 g/mol. The number of hydrogen-bond acceptors (Lipinski definition) is 2. The van der Waals surface area contributed by atoms with Gasteiger partial charge in [0.2, 0.25) is 0 Å². The van der Waals surface area contributed by atoms with Gasteiger partial charge in [-0.3, -0.25) is 0 Å². The molecule has 1 rings (SSSR count). The summed E-state index contributed by atoms with van der Waals surface area (Å²) in [5.74, 6) is 0. The van der Waals surface area contributed by atoms with Crippen LogP contribution in [0.5, 0.6) is 0 Å². The fraction of sp³-hybridized carbons (Fsp3) is 1.00. The van der Waals surface area contributed by atoms with Gasteiger partial charge in [0, 0.05) is 25.2 Å². The summed E-state index contributed by atoms with van der Waals surface area (Å²) in [5.41, 5.74) is 0. The van der Waals surface area contributed by atoms with Gasteiger partial charge in [0.1, 0.15) is 0 Å². The first-order valence-corrected chi connectivity index (χ1v) is 5.01. The minimum Gasteiger partial charge on any atom is -0.301 e. The minimum absolute atomic E-state index is 0.723. The van der Waals surface area contributed by atoms with Crippen molar-refractivity contribution in [2.24, 2.45) is 0 Å². The summed E-state index contributed by atoms with van der Waals surface area (Å²) in [7, 11) is 4.41. The lowest BCUT2D eigenvalue weighted by Crippen LogP contribution is -2.53. The first kappa shape index (κ1) is 11.9. The summed E-state index contributed by atoms with van der Waals surface area (Å²) in [4.78, 5) is 4.84. The van der Waals surface area contributed by atoms with Gasteiger partial charge in [-0.2, -0.15) is 0 Å². The van der Waals surface area contributed by atoms with Crippen LogP contribution in [0.25, 0.3) is 0 Å². The van der Waals surface area contributed by atoms with Crippen LogP contribution < -0.4 is 0 Å². The standard InChI is InChI=1S/C8H18N2.C2H6/c1-7-5-10(4)8(2)6-9(7)3;1-2/h7-8H,5-6H2,1-4H3;1-2H3. The number of likely N-dealkylation sites (N-methyl/N-ethyl adjacent to an activating group) is 2. The van der Waals surface area contributed by atoms with E-state index >= 15 is 0 Å². The zero-order chi connectivity index (χ0) is 9.72. The second-order valence-electron chi connectivity index (χ2n) is 3.58. The Morgan fingerprint density at radius 3 is 1.33 bits per heavy atom. The van der Waals surface area contributed by atoms with Gasteiger partial charge in [0.05, 0.1) is 0 Å². The zero-order valence-corrected chi connectivity index (χ0v) is 9.46. The number of nitrogens with zero attached hydrogens (tertiary/aromatic N) is 2. The van der Waals surface area contributed by atoms with Crippen LogP contribution in [0.15, 0.2) is 0 Å². The molecule has 0 spiro atoms. The van der Waals surface area contributed by atoms with E-state index in [9.17, 15) is 0 Å². The highest BCUT2D eigenvalue weighted by Crippen LogP contribution is 2.09. The van der Waals surface area contributed by atoms with Crippen LogP contribution in [-0.4, -0.2) is 49.1 Å². The van der Waals surface area contributed by atoms with E-state index in [1.807, 2.05) is 13.8 Å². The predicted molar refractivity (Wildman–Crippen MR) is 55.5 cm³/mol. The largest absolute Gasteiger partial charge is 0.301 e. The van der Waals surface area contributed by atoms with Gasteiger partial charge in [0.25, 0.3) is 0 Å². The van der Waals surface area contributed by atoms with Crippen LogP contribution in [0.4, 0.5) is 0 Å². The molecule has 0 aliphatic carbocycles. The molecule has 0 bridgehead atoms. The first-order valence-electron chi connectivity index (χ1n) is 5.01. The highest BCUT2D eigenvalue weighted by Gasteiger charge is 2.22. The monoisotopic (exact) mass is 172 g/mol. The van der Waals surface area contributed by atoms with E-state index in [4.69, 9.17) is 0 Å². The van der Waals surface area contributed by atoms with Gasteiger partial charge in [-0.25, -0.2) is 0 Å². The van der Waals surface area contributed by atoms with E-state index in [-0.39, 0.29) is 0 Å². The molecule has 2 atom stereocenters. The highest BCUT2D eigenvalue weighted by molar-refractivity contribution is 4.79. The van der Waals surface area contributed by atoms with Crippen molar-refractivity contribution in [1.82, 2.24) is 9.80 Å². The van der Waals surface area contributed by atoms with Crippen molar-refractivity contribution in [2.45, 2.75) is 39.8 Å². The molecule has 1 fully saturated rings. The third-order valence-electron chi connectivity index (χ3n) is 2.61. The molecule has 0 saturated carbocycles. The van der Waals surface area contributed by atoms with Crippen LogP contribution >= 0.6 is 0 Å². The van der Waals surface area contributed by atoms with Crippen LogP contribution in [-0.2, 0) is 0 Å². The molecule has 12 heavy (non-hydrogen) atoms. The minimum atomic E-state index is 0.723. The number of rotatable bonds is 0. The third kappa shape index (κ3) is 3.11. The van der Waals surface area contributed by atoms with Crippen molar-refractivity contribution in [2.75, 3.05) is 27.2 Å². The number of piperazine rings is 1. The Labute approximate surface area is 77.5 Å². The predicted octanol–water partition coefficient (Wildman–Crippen LogP) is 1.67. The molecule has 1 aliphatic rings. The summed E-state index contributed by atoms with van der Waals surface area (Å²) in [5, 5.41) is 0. The van der Waals surface area contributed by atoms with Gasteiger partial charge in [0.15, 0.2) is 0 Å². The lowest BCUT2D eigenvalue weighted by molar-refractivity contribution is 0.0803. The van der Waals surface area contributed by atoms with Crippen molar-refractivity contribution < 1.29 is 0 Å². The smallest absolute Gasteiger partial charge is 0.0192 e. The summed E-state index contributed by atoms with van der Waals surface area (Å²) in [6.45, 7) is 11.0. The Morgan fingerprint density at radius 2 is 1.08 bits per heavy atom. The number of hydrogen-bond donors (Lipinski definition) is 0. The molecule has 0 radical (unpaired) electrons. The van der Waals surface area contributed by atoms with Crippen molar-refractivity contribution >= 4 is 0 Å². The lowest BCUT2D eigenvalue weighted by atomic mass is 10.1. The summed E-state index contributed by atoms with van der Waals surface area (Å²) in [6, 6.07) is 1.45. The van der Waals surface area contributed by atoms with E-state index in [1.54, 1.807) is 0 Å². The molecule has 1 heterocycles. The van der Waals surface area contributed by atoms with E-state index in [0.29, 0.717) is 0 Å². The first-order chi connectivity index (χ1) is 5.61. The SMILES string of the molecule is CC.CC1CN(C)C(C)CN1C. The van der Waals surface area contributed by atoms with E-state index in [0.717, 1.165) is 12.1 Å². The van der Waals surface area contributed by atoms with Gasteiger partial charge >= 0.3 is 0 Å². The Hall–Kier alpha value is -0.0800. The summed E-state index contributed by atoms with van der Waals surface area (Å²) in [6.07, 6.45) is 0. The average Bonchev–Trinajstić information content (AvgIpc) is 2.05. The van der Waals surface area contributed by atoms with E-state index in [1.165, 1.54) is 13.1 Å². The topological polar surface area (TPSA) is 6.48 Å². The normalized spacial score (nSPS) is 32.5. The van der Waals surface area contributed by atoms with Crippen molar-refractivity contribution in [3.8, 4) is 0 Å². The third-order valence-corrected chi connectivity index (χ3v) is 2.61. The molecule has 0 aromatic heterocycles. The van der Waals surface area contributed by atoms with Gasteiger partial charge < -0.3 is 9.80 Å². The Kier molecular flexibility index (Phi) is 5.51. The lowest BCUT2D eigenvalue weighted by Gasteiger charge is -2.40. The molecule has 74 valence electrons. The molecule has 0 aromatic rings. The second-order valence-corrected chi connectivity index (χ2v) is 3.58. The maximum Gasteiger partial charge on any atom is 0.0192 e. The zero-order valence-electron chi connectivity index (χ0n) is 9.46. The molecule has 0 amide bonds. The van der Waals surface area contributed by atoms with E-state index in [2.05, 4.69) is 37.7 Å². The Balaban J connectivity index is 0.000000561. The van der Waals surface area contributed by atoms with Gasteiger partial charge in [-0.05, 0) is 27.9 Å². The van der Waals surface area contributed by atoms with Crippen molar-refractivity contribution in [3.63, 3.8) is 0 Å². The van der Waals surface area contributed by atoms with E-state index < -0.39 is 0 Å². The maximum absolute atomic E-state index is 2.42. The maximum atomic E-state index is 2.42. The van der Waals surface area contributed by atoms with Crippen LogP contribution in [0, 0.1) is 0 Å². The highest BCUT2D eigenvalue weighted by atomic mass is 15.3. The van der Waals surface area contributed by atoms with Gasteiger partial charge in [-0.1, -0.05) is 13.8 Å². The van der Waals surface area contributed by atoms with Crippen LogP contribution in [0.3, 0.4) is 0 Å². The molecule has 2 unspecified atom stereocenters. The molecular formula is C10H24N2. The molecule has 1 saturated heterocycles. The molecule has 2 heteroatoms. The van der Waals surface area contributed by atoms with Crippen LogP contribution in [0.1, 0.15) is 27.7 Å². The quantitative estimate of drug-likeness (QED) is 0.548. The van der Waals surface area contributed by atoms with Crippen LogP contribution in [0.2, 0.25) is 0 Å². The van der Waals surface area contributed by atoms with Gasteiger partial charge in [-0.15, -0.1) is 0 Å². The second kappa shape index (κ2) is 5.55. The Morgan fingerprint density at radius 1 is 0.833 bits per heavy atom. The molecular weight excluding hydrogens is 148 g/mol. The fourth-order valence-corrected chi connectivity index (χ4v) is 1.47. The molecule has 1 aliphatic heterocycles. The van der Waals surface area contributed by atoms with Crippen molar-refractivity contribution in [1.29, 1.82) is 0 Å². The molecule has 2 nitrogen and oxygen atoms in total. The molecule has 0 N–H and O–H groups in total. The fourth-order valence-electron chi connectivity index (χ4n) is 1.47. The van der Waals surface area contributed by atoms with Crippen molar-refractivity contribution in [3.05, 3.63) is 0 Å². The molecule has 0 aromatic carbocycles. The summed E-state index contributed by atoms with van der Waals surface area (Å²) < 4.78 is 0. The summed E-state index contributed by atoms with van der Waals surface area (Å²) >= 11 is 0.